The number of amides is 1. The van der Waals surface area contributed by atoms with Gasteiger partial charge in [-0.3, -0.25) is 14.7 Å². The fraction of sp³-hybridized carbons (Fsp3) is 0.367. The summed E-state index contributed by atoms with van der Waals surface area (Å²) in [4.78, 5) is 33.1. The second-order valence-electron chi connectivity index (χ2n) is 10.1. The zero-order chi connectivity index (χ0) is 26.5. The summed E-state index contributed by atoms with van der Waals surface area (Å²) < 4.78 is 2.09. The third-order valence-corrected chi connectivity index (χ3v) is 7.43. The molecule has 3 heterocycles. The van der Waals surface area contributed by atoms with E-state index in [0.717, 1.165) is 50.2 Å². The van der Waals surface area contributed by atoms with Crippen LogP contribution in [0.15, 0.2) is 61.3 Å². The molecule has 5 rings (SSSR count). The Morgan fingerprint density at radius 2 is 1.87 bits per heavy atom. The van der Waals surface area contributed by atoms with Gasteiger partial charge in [-0.05, 0) is 55.9 Å². The number of aromatic nitrogens is 5. The summed E-state index contributed by atoms with van der Waals surface area (Å²) in [7, 11) is 2.05. The molecule has 38 heavy (non-hydrogen) atoms. The van der Waals surface area contributed by atoms with Gasteiger partial charge in [-0.2, -0.15) is 0 Å². The summed E-state index contributed by atoms with van der Waals surface area (Å²) in [5, 5.41) is 3.05. The van der Waals surface area contributed by atoms with Crippen molar-refractivity contribution >= 4 is 5.91 Å². The molecule has 1 aliphatic rings. The minimum absolute atomic E-state index is 0.146. The fourth-order valence-corrected chi connectivity index (χ4v) is 5.43. The summed E-state index contributed by atoms with van der Waals surface area (Å²) in [6, 6.07) is 13.0. The number of carbonyl (C=O) groups is 1. The number of benzene rings is 1. The van der Waals surface area contributed by atoms with Crippen molar-refractivity contribution in [1.82, 2.24) is 34.7 Å². The molecule has 0 fully saturated rings. The van der Waals surface area contributed by atoms with Crippen molar-refractivity contribution in [2.45, 2.75) is 58.7 Å². The van der Waals surface area contributed by atoms with Crippen LogP contribution in [-0.2, 0) is 33.0 Å². The number of hydrogen-bond acceptors (Lipinski definition) is 6. The highest BCUT2D eigenvalue weighted by molar-refractivity contribution is 5.96. The van der Waals surface area contributed by atoms with E-state index in [-0.39, 0.29) is 11.9 Å². The first-order valence-corrected chi connectivity index (χ1v) is 13.3. The van der Waals surface area contributed by atoms with Gasteiger partial charge in [0.15, 0.2) is 0 Å². The highest BCUT2D eigenvalue weighted by atomic mass is 16.1. The third-order valence-electron chi connectivity index (χ3n) is 7.43. The van der Waals surface area contributed by atoms with E-state index < -0.39 is 0 Å². The first-order chi connectivity index (χ1) is 18.5. The molecule has 1 atom stereocenters. The molecule has 0 radical (unpaired) electrons. The smallest absolute Gasteiger partial charge is 0.255 e. The van der Waals surface area contributed by atoms with Gasteiger partial charge in [0.2, 0.25) is 0 Å². The first kappa shape index (κ1) is 25.7. The zero-order valence-corrected chi connectivity index (χ0v) is 22.4. The van der Waals surface area contributed by atoms with Crippen LogP contribution in [0.5, 0.6) is 0 Å². The molecule has 1 N–H and O–H groups in total. The summed E-state index contributed by atoms with van der Waals surface area (Å²) in [6.07, 6.45) is 11.5. The maximum atomic E-state index is 12.9. The molecule has 0 saturated carbocycles. The van der Waals surface area contributed by atoms with Gasteiger partial charge in [0.25, 0.3) is 5.91 Å². The fourth-order valence-electron chi connectivity index (χ4n) is 5.43. The SMILES string of the molecule is Cc1ncnc(C)c1C(=O)NCc1cccc(CN(CCc2nccn2C)C2CCCc3cccnc32)c1. The molecular weight excluding hydrogens is 474 g/mol. The van der Waals surface area contributed by atoms with Crippen LogP contribution < -0.4 is 5.32 Å². The average Bonchev–Trinajstić information content (AvgIpc) is 3.34. The van der Waals surface area contributed by atoms with Gasteiger partial charge < -0.3 is 9.88 Å². The lowest BCUT2D eigenvalue weighted by molar-refractivity contribution is 0.0948. The number of rotatable bonds is 9. The van der Waals surface area contributed by atoms with E-state index in [1.807, 2.05) is 45.6 Å². The lowest BCUT2D eigenvalue weighted by atomic mass is 9.90. The van der Waals surface area contributed by atoms with Gasteiger partial charge in [0.05, 0.1) is 28.7 Å². The second kappa shape index (κ2) is 11.6. The van der Waals surface area contributed by atoms with Crippen molar-refractivity contribution in [1.29, 1.82) is 0 Å². The van der Waals surface area contributed by atoms with Crippen LogP contribution in [0.1, 0.15) is 68.8 Å². The van der Waals surface area contributed by atoms with Crippen molar-refractivity contribution in [3.05, 3.63) is 106 Å². The van der Waals surface area contributed by atoms with Crippen molar-refractivity contribution in [2.75, 3.05) is 6.54 Å². The molecule has 0 aliphatic heterocycles. The number of hydrogen-bond donors (Lipinski definition) is 1. The molecular formula is C30H35N7O. The highest BCUT2D eigenvalue weighted by Crippen LogP contribution is 2.34. The number of pyridine rings is 1. The summed E-state index contributed by atoms with van der Waals surface area (Å²) in [5.74, 6) is 0.937. The monoisotopic (exact) mass is 509 g/mol. The Balaban J connectivity index is 1.33. The first-order valence-electron chi connectivity index (χ1n) is 13.3. The Hall–Kier alpha value is -3.91. The van der Waals surface area contributed by atoms with Crippen LogP contribution in [0, 0.1) is 13.8 Å². The van der Waals surface area contributed by atoms with Crippen LogP contribution in [0.3, 0.4) is 0 Å². The second-order valence-corrected chi connectivity index (χ2v) is 10.1. The maximum Gasteiger partial charge on any atom is 0.255 e. The molecule has 0 bridgehead atoms. The lowest BCUT2D eigenvalue weighted by Gasteiger charge is -2.35. The summed E-state index contributed by atoms with van der Waals surface area (Å²) in [6.45, 7) is 5.81. The Morgan fingerprint density at radius 3 is 2.66 bits per heavy atom. The van der Waals surface area contributed by atoms with Gasteiger partial charge in [0.1, 0.15) is 12.2 Å². The van der Waals surface area contributed by atoms with Crippen LogP contribution in [0.4, 0.5) is 0 Å². The Labute approximate surface area is 224 Å². The largest absolute Gasteiger partial charge is 0.348 e. The molecule has 1 amide bonds. The zero-order valence-electron chi connectivity index (χ0n) is 22.4. The molecule has 0 spiro atoms. The van der Waals surface area contributed by atoms with E-state index in [4.69, 9.17) is 4.98 Å². The topological polar surface area (TPSA) is 88.8 Å². The van der Waals surface area contributed by atoms with Crippen LogP contribution in [-0.4, -0.2) is 41.9 Å². The Bertz CT molecular complexity index is 1390. The molecule has 1 unspecified atom stereocenters. The number of fused-ring (bicyclic) bond motifs is 1. The Kier molecular flexibility index (Phi) is 7.89. The van der Waals surface area contributed by atoms with E-state index in [2.05, 4.69) is 60.1 Å². The normalized spacial score (nSPS) is 14.9. The standard InChI is InChI=1S/C30H35N7O/c1-21-28(22(2)35-20-34-21)30(38)33-18-23-7-4-8-24(17-23)19-37(15-12-27-31-14-16-36(27)3)26-11-5-9-25-10-6-13-32-29(25)26/h4,6-8,10,13-14,16-17,20,26H,5,9,11-12,15,18-19H2,1-3H3,(H,33,38). The van der Waals surface area contributed by atoms with Crippen LogP contribution in [0.2, 0.25) is 0 Å². The van der Waals surface area contributed by atoms with E-state index in [0.29, 0.717) is 23.5 Å². The van der Waals surface area contributed by atoms with Gasteiger partial charge in [0, 0.05) is 51.7 Å². The van der Waals surface area contributed by atoms with E-state index in [1.165, 1.54) is 23.1 Å². The minimum Gasteiger partial charge on any atom is -0.348 e. The van der Waals surface area contributed by atoms with Gasteiger partial charge >= 0.3 is 0 Å². The molecule has 1 aliphatic carbocycles. The summed E-state index contributed by atoms with van der Waals surface area (Å²) in [5.41, 5.74) is 6.77. The maximum absolute atomic E-state index is 12.9. The number of imidazole rings is 1. The molecule has 8 nitrogen and oxygen atoms in total. The Morgan fingerprint density at radius 1 is 1.05 bits per heavy atom. The van der Waals surface area contributed by atoms with Crippen molar-refractivity contribution in [2.24, 2.45) is 7.05 Å². The van der Waals surface area contributed by atoms with Gasteiger partial charge in [-0.25, -0.2) is 15.0 Å². The average molecular weight is 510 g/mol. The molecule has 8 heteroatoms. The number of nitrogens with zero attached hydrogens (tertiary/aromatic N) is 6. The van der Waals surface area contributed by atoms with Crippen LogP contribution >= 0.6 is 0 Å². The third kappa shape index (κ3) is 5.81. The molecule has 4 aromatic rings. The van der Waals surface area contributed by atoms with E-state index in [9.17, 15) is 4.79 Å². The van der Waals surface area contributed by atoms with E-state index >= 15 is 0 Å². The molecule has 196 valence electrons. The lowest BCUT2D eigenvalue weighted by Crippen LogP contribution is -2.33. The van der Waals surface area contributed by atoms with Crippen molar-refractivity contribution < 1.29 is 4.79 Å². The van der Waals surface area contributed by atoms with Crippen molar-refractivity contribution in [3.63, 3.8) is 0 Å². The number of nitrogens with one attached hydrogen (secondary N) is 1. The van der Waals surface area contributed by atoms with Crippen LogP contribution in [0.25, 0.3) is 0 Å². The minimum atomic E-state index is -0.146. The van der Waals surface area contributed by atoms with E-state index in [1.54, 1.807) is 0 Å². The number of carbonyl (C=O) groups excluding carboxylic acids is 1. The van der Waals surface area contributed by atoms with Gasteiger partial charge in [-0.1, -0.05) is 30.3 Å². The predicted molar refractivity (Wildman–Crippen MR) is 146 cm³/mol. The van der Waals surface area contributed by atoms with Crippen molar-refractivity contribution in [3.8, 4) is 0 Å². The molecule has 0 saturated heterocycles. The molecule has 1 aromatic carbocycles. The van der Waals surface area contributed by atoms with Gasteiger partial charge in [-0.15, -0.1) is 0 Å². The quantitative estimate of drug-likeness (QED) is 0.362. The predicted octanol–water partition coefficient (Wildman–Crippen LogP) is 4.27. The summed E-state index contributed by atoms with van der Waals surface area (Å²) >= 11 is 0. The highest BCUT2D eigenvalue weighted by Gasteiger charge is 2.27. The number of aryl methyl sites for hydroxylation is 4. The molecule has 3 aromatic heterocycles.